The molecule has 0 saturated carbocycles. The minimum atomic E-state index is -0.947. The van der Waals surface area contributed by atoms with Crippen molar-refractivity contribution in [3.63, 3.8) is 0 Å². The van der Waals surface area contributed by atoms with E-state index in [9.17, 15) is 9.90 Å². The van der Waals surface area contributed by atoms with Gasteiger partial charge < -0.3 is 19.9 Å². The van der Waals surface area contributed by atoms with Gasteiger partial charge in [-0.05, 0) is 47.0 Å². The Balaban J connectivity index is 1.39. The number of nitrogens with one attached hydrogen (secondary N) is 1. The molecule has 2 unspecified atom stereocenters. The van der Waals surface area contributed by atoms with Crippen LogP contribution in [0.2, 0.25) is 0 Å². The molecule has 1 aliphatic heterocycles. The number of fused-ring (bicyclic) bond motifs is 2. The Morgan fingerprint density at radius 1 is 1.00 bits per heavy atom. The average Bonchev–Trinajstić information content (AvgIpc) is 2.88. The molecule has 0 bridgehead atoms. The standard InChI is InChI=1S/C29H27NO4/c1-33-27-14-13-20(29(31)32)15-26(27)25-16-22(34-28-12-5-4-11-24(25)28)18-30-17-21-9-6-8-19-7-2-3-10-23(19)21/h2-15,22,25,30H,16-18H2,1H3,(H,31,32). The van der Waals surface area contributed by atoms with Crippen LogP contribution in [0.4, 0.5) is 0 Å². The van der Waals surface area contributed by atoms with Gasteiger partial charge >= 0.3 is 5.97 Å². The second kappa shape index (κ2) is 9.57. The van der Waals surface area contributed by atoms with E-state index in [4.69, 9.17) is 9.47 Å². The van der Waals surface area contributed by atoms with Gasteiger partial charge in [-0.15, -0.1) is 0 Å². The van der Waals surface area contributed by atoms with Crippen LogP contribution in [-0.4, -0.2) is 30.8 Å². The van der Waals surface area contributed by atoms with Gasteiger partial charge in [-0.1, -0.05) is 60.7 Å². The quantitative estimate of drug-likeness (QED) is 0.380. The third kappa shape index (κ3) is 4.35. The molecule has 0 saturated heterocycles. The molecule has 172 valence electrons. The number of carboxylic acid groups (broad SMARTS) is 1. The topological polar surface area (TPSA) is 67.8 Å². The average molecular weight is 454 g/mol. The summed E-state index contributed by atoms with van der Waals surface area (Å²) >= 11 is 0. The van der Waals surface area contributed by atoms with Crippen molar-refractivity contribution in [1.29, 1.82) is 0 Å². The van der Waals surface area contributed by atoms with Crippen LogP contribution in [0.25, 0.3) is 10.8 Å². The number of hydrogen-bond donors (Lipinski definition) is 2. The number of carbonyl (C=O) groups is 1. The maximum absolute atomic E-state index is 11.6. The SMILES string of the molecule is COc1ccc(C(=O)O)cc1C1CC(CNCc2cccc3ccccc23)Oc2ccccc21. The first-order valence-electron chi connectivity index (χ1n) is 11.5. The lowest BCUT2D eigenvalue weighted by molar-refractivity contribution is 0.0696. The van der Waals surface area contributed by atoms with Gasteiger partial charge in [0.2, 0.25) is 0 Å². The molecule has 0 spiro atoms. The molecule has 2 N–H and O–H groups in total. The van der Waals surface area contributed by atoms with Gasteiger partial charge in [-0.3, -0.25) is 0 Å². The largest absolute Gasteiger partial charge is 0.496 e. The third-order valence-corrected chi connectivity index (χ3v) is 6.51. The summed E-state index contributed by atoms with van der Waals surface area (Å²) in [6, 6.07) is 27.8. The molecule has 34 heavy (non-hydrogen) atoms. The Kier molecular flexibility index (Phi) is 6.19. The zero-order valence-corrected chi connectivity index (χ0v) is 19.0. The number of carboxylic acids is 1. The third-order valence-electron chi connectivity index (χ3n) is 6.51. The van der Waals surface area contributed by atoms with Gasteiger partial charge in [-0.25, -0.2) is 4.79 Å². The lowest BCUT2D eigenvalue weighted by Crippen LogP contribution is -2.35. The Bertz CT molecular complexity index is 1330. The van der Waals surface area contributed by atoms with E-state index in [1.807, 2.05) is 24.3 Å². The number of hydrogen-bond acceptors (Lipinski definition) is 4. The monoisotopic (exact) mass is 453 g/mol. The summed E-state index contributed by atoms with van der Waals surface area (Å²) in [6.45, 7) is 1.42. The van der Waals surface area contributed by atoms with Gasteiger partial charge in [0.15, 0.2) is 0 Å². The zero-order valence-electron chi connectivity index (χ0n) is 19.0. The van der Waals surface area contributed by atoms with Gasteiger partial charge in [0, 0.05) is 30.1 Å². The summed E-state index contributed by atoms with van der Waals surface area (Å²) in [7, 11) is 1.62. The Morgan fingerprint density at radius 3 is 2.65 bits per heavy atom. The molecule has 0 aromatic heterocycles. The van der Waals surface area contributed by atoms with Crippen molar-refractivity contribution in [3.8, 4) is 11.5 Å². The highest BCUT2D eigenvalue weighted by atomic mass is 16.5. The zero-order chi connectivity index (χ0) is 23.5. The predicted octanol–water partition coefficient (Wildman–Crippen LogP) is 5.62. The number of methoxy groups -OCH3 is 1. The summed E-state index contributed by atoms with van der Waals surface area (Å²) in [6.07, 6.45) is 0.659. The van der Waals surface area contributed by atoms with Crippen molar-refractivity contribution in [1.82, 2.24) is 5.32 Å². The van der Waals surface area contributed by atoms with Crippen LogP contribution in [0.3, 0.4) is 0 Å². The van der Waals surface area contributed by atoms with Gasteiger partial charge in [0.05, 0.1) is 12.7 Å². The van der Waals surface area contributed by atoms with Crippen molar-refractivity contribution in [2.45, 2.75) is 25.0 Å². The summed E-state index contributed by atoms with van der Waals surface area (Å²) < 4.78 is 12.0. The minimum absolute atomic E-state index is 0.0245. The first-order valence-corrected chi connectivity index (χ1v) is 11.5. The molecule has 4 aromatic carbocycles. The molecule has 1 aliphatic rings. The van der Waals surface area contributed by atoms with E-state index in [1.165, 1.54) is 16.3 Å². The van der Waals surface area contributed by atoms with E-state index in [0.29, 0.717) is 12.3 Å². The fourth-order valence-corrected chi connectivity index (χ4v) is 4.87. The van der Waals surface area contributed by atoms with Crippen LogP contribution < -0.4 is 14.8 Å². The van der Waals surface area contributed by atoms with E-state index >= 15 is 0 Å². The lowest BCUT2D eigenvalue weighted by atomic mass is 9.83. The fourth-order valence-electron chi connectivity index (χ4n) is 4.87. The van der Waals surface area contributed by atoms with E-state index in [0.717, 1.165) is 29.8 Å². The number of benzene rings is 4. The molecule has 5 heteroatoms. The van der Waals surface area contributed by atoms with Crippen LogP contribution in [-0.2, 0) is 6.54 Å². The van der Waals surface area contributed by atoms with Crippen LogP contribution >= 0.6 is 0 Å². The highest BCUT2D eigenvalue weighted by Crippen LogP contribution is 2.43. The summed E-state index contributed by atoms with van der Waals surface area (Å²) in [5.41, 5.74) is 3.43. The molecular formula is C29H27NO4. The number of rotatable bonds is 7. The van der Waals surface area contributed by atoms with E-state index in [1.54, 1.807) is 25.3 Å². The van der Waals surface area contributed by atoms with Crippen LogP contribution in [0.1, 0.15) is 39.4 Å². The Labute approximate surface area is 199 Å². The maximum atomic E-state index is 11.6. The molecule has 0 fully saturated rings. The van der Waals surface area contributed by atoms with Gasteiger partial charge in [0.25, 0.3) is 0 Å². The van der Waals surface area contributed by atoms with Crippen molar-refractivity contribution < 1.29 is 19.4 Å². The summed E-state index contributed by atoms with van der Waals surface area (Å²) in [4.78, 5) is 11.6. The smallest absolute Gasteiger partial charge is 0.335 e. The van der Waals surface area contributed by atoms with Gasteiger partial charge in [-0.2, -0.15) is 0 Å². The van der Waals surface area contributed by atoms with E-state index in [-0.39, 0.29) is 17.6 Å². The number of aromatic carboxylic acids is 1. The Hall–Kier alpha value is -3.83. The van der Waals surface area contributed by atoms with E-state index < -0.39 is 5.97 Å². The molecule has 4 aromatic rings. The summed E-state index contributed by atoms with van der Waals surface area (Å²) in [5, 5.41) is 15.6. The highest BCUT2D eigenvalue weighted by molar-refractivity contribution is 5.88. The number of para-hydroxylation sites is 1. The van der Waals surface area contributed by atoms with Gasteiger partial charge in [0.1, 0.15) is 17.6 Å². The van der Waals surface area contributed by atoms with Crippen LogP contribution in [0.5, 0.6) is 11.5 Å². The van der Waals surface area contributed by atoms with Crippen molar-refractivity contribution >= 4 is 16.7 Å². The summed E-state index contributed by atoms with van der Waals surface area (Å²) in [5.74, 6) is 0.550. The number of ether oxygens (including phenoxy) is 2. The lowest BCUT2D eigenvalue weighted by Gasteiger charge is -2.33. The van der Waals surface area contributed by atoms with E-state index in [2.05, 4.69) is 47.8 Å². The first-order chi connectivity index (χ1) is 16.6. The molecular weight excluding hydrogens is 426 g/mol. The highest BCUT2D eigenvalue weighted by Gasteiger charge is 2.31. The van der Waals surface area contributed by atoms with Crippen LogP contribution in [0, 0.1) is 0 Å². The first kappa shape index (κ1) is 22.0. The molecule has 0 radical (unpaired) electrons. The Morgan fingerprint density at radius 2 is 1.79 bits per heavy atom. The molecule has 1 heterocycles. The molecule has 5 nitrogen and oxygen atoms in total. The van der Waals surface area contributed by atoms with Crippen molar-refractivity contribution in [3.05, 3.63) is 107 Å². The second-order valence-electron chi connectivity index (χ2n) is 8.60. The molecule has 2 atom stereocenters. The predicted molar refractivity (Wildman–Crippen MR) is 133 cm³/mol. The normalized spacial score (nSPS) is 17.1. The molecule has 0 aliphatic carbocycles. The minimum Gasteiger partial charge on any atom is -0.496 e. The van der Waals surface area contributed by atoms with Crippen molar-refractivity contribution in [2.24, 2.45) is 0 Å². The molecule has 0 amide bonds. The maximum Gasteiger partial charge on any atom is 0.335 e. The van der Waals surface area contributed by atoms with Crippen LogP contribution in [0.15, 0.2) is 84.9 Å². The molecule has 5 rings (SSSR count). The van der Waals surface area contributed by atoms with Crippen molar-refractivity contribution in [2.75, 3.05) is 13.7 Å². The fraction of sp³-hybridized carbons (Fsp3) is 0.207. The second-order valence-corrected chi connectivity index (χ2v) is 8.60.